The first-order valence-electron chi connectivity index (χ1n) is 11.7. The van der Waals surface area contributed by atoms with Crippen LogP contribution < -0.4 is 4.74 Å². The van der Waals surface area contributed by atoms with Crippen LogP contribution >= 0.6 is 0 Å². The number of esters is 1. The number of likely N-dealkylation sites (tertiary alicyclic amines) is 1. The van der Waals surface area contributed by atoms with Crippen LogP contribution in [0.3, 0.4) is 0 Å². The molecule has 1 fully saturated rings. The van der Waals surface area contributed by atoms with E-state index in [9.17, 15) is 19.5 Å². The Bertz CT molecular complexity index is 1300. The van der Waals surface area contributed by atoms with Gasteiger partial charge in [0.2, 0.25) is 0 Å². The van der Waals surface area contributed by atoms with Gasteiger partial charge in [-0.15, -0.1) is 0 Å². The number of hydrogen-bond donors (Lipinski definition) is 2. The highest BCUT2D eigenvalue weighted by atomic mass is 16.5. The molecule has 1 aromatic heterocycles. The van der Waals surface area contributed by atoms with Gasteiger partial charge >= 0.3 is 5.97 Å². The standard InChI is InChI=1S/C27H29N3O5/c1-4-29(5-2)13-14-30-24(18-9-8-10-19(15-18)35-17(3)31)23(26(33)27(30)34)25(32)21-16-28-22-12-7-6-11-20(21)22/h6-12,15-16,24,28,32H,4-5,13-14H2,1-3H3/b25-23-. The largest absolute Gasteiger partial charge is 0.507 e. The first kappa shape index (κ1) is 24.2. The average molecular weight is 476 g/mol. The Balaban J connectivity index is 1.85. The summed E-state index contributed by atoms with van der Waals surface area (Å²) in [7, 11) is 0. The number of rotatable bonds is 8. The Morgan fingerprint density at radius 3 is 2.57 bits per heavy atom. The maximum absolute atomic E-state index is 13.3. The van der Waals surface area contributed by atoms with E-state index in [1.54, 1.807) is 30.5 Å². The van der Waals surface area contributed by atoms with Crippen LogP contribution in [0.25, 0.3) is 16.7 Å². The minimum atomic E-state index is -0.824. The number of nitrogens with one attached hydrogen (secondary N) is 1. The Kier molecular flexibility index (Phi) is 7.02. The number of benzene rings is 2. The predicted octanol–water partition coefficient (Wildman–Crippen LogP) is 3.86. The lowest BCUT2D eigenvalue weighted by molar-refractivity contribution is -0.140. The molecule has 1 saturated heterocycles. The molecule has 0 spiro atoms. The van der Waals surface area contributed by atoms with Crippen LogP contribution in [-0.2, 0) is 14.4 Å². The monoisotopic (exact) mass is 475 g/mol. The van der Waals surface area contributed by atoms with Crippen LogP contribution in [0.4, 0.5) is 0 Å². The number of ether oxygens (including phenoxy) is 1. The van der Waals surface area contributed by atoms with Crippen molar-refractivity contribution in [3.8, 4) is 5.75 Å². The third-order valence-electron chi connectivity index (χ3n) is 6.37. The number of ketones is 1. The summed E-state index contributed by atoms with van der Waals surface area (Å²) >= 11 is 0. The maximum Gasteiger partial charge on any atom is 0.308 e. The van der Waals surface area contributed by atoms with Gasteiger partial charge in [0.15, 0.2) is 0 Å². The molecule has 2 aromatic carbocycles. The molecule has 1 aliphatic rings. The molecule has 35 heavy (non-hydrogen) atoms. The fourth-order valence-electron chi connectivity index (χ4n) is 4.57. The smallest absolute Gasteiger partial charge is 0.308 e. The summed E-state index contributed by atoms with van der Waals surface area (Å²) in [4.78, 5) is 44.8. The summed E-state index contributed by atoms with van der Waals surface area (Å²) in [6, 6.07) is 13.3. The summed E-state index contributed by atoms with van der Waals surface area (Å²) < 4.78 is 5.24. The number of Topliss-reactive ketones (excluding diaryl/α,β-unsaturated/α-hetero) is 1. The van der Waals surface area contributed by atoms with Crippen molar-refractivity contribution < 1.29 is 24.2 Å². The minimum absolute atomic E-state index is 0.0132. The number of carbonyl (C=O) groups excluding carboxylic acids is 3. The second-order valence-electron chi connectivity index (χ2n) is 8.43. The lowest BCUT2D eigenvalue weighted by Gasteiger charge is -2.28. The summed E-state index contributed by atoms with van der Waals surface area (Å²) in [5, 5.41) is 12.1. The highest BCUT2D eigenvalue weighted by molar-refractivity contribution is 6.46. The quantitative estimate of drug-likeness (QED) is 0.169. The molecule has 1 amide bonds. The molecule has 1 unspecified atom stereocenters. The van der Waals surface area contributed by atoms with E-state index in [0.29, 0.717) is 30.0 Å². The first-order chi connectivity index (χ1) is 16.8. The van der Waals surface area contributed by atoms with Crippen molar-refractivity contribution in [2.24, 2.45) is 0 Å². The van der Waals surface area contributed by atoms with E-state index in [4.69, 9.17) is 4.74 Å². The lowest BCUT2D eigenvalue weighted by atomic mass is 9.95. The molecule has 0 bridgehead atoms. The molecule has 0 aliphatic carbocycles. The van der Waals surface area contributed by atoms with E-state index in [-0.39, 0.29) is 11.3 Å². The highest BCUT2D eigenvalue weighted by Crippen LogP contribution is 2.41. The number of hydrogen-bond acceptors (Lipinski definition) is 6. The van der Waals surface area contributed by atoms with Gasteiger partial charge in [-0.05, 0) is 36.9 Å². The highest BCUT2D eigenvalue weighted by Gasteiger charge is 2.46. The Hall–Kier alpha value is -3.91. The maximum atomic E-state index is 13.3. The van der Waals surface area contributed by atoms with Gasteiger partial charge in [0, 0.05) is 42.7 Å². The molecule has 0 radical (unpaired) electrons. The third-order valence-corrected chi connectivity index (χ3v) is 6.37. The van der Waals surface area contributed by atoms with Crippen LogP contribution in [0.5, 0.6) is 5.75 Å². The summed E-state index contributed by atoms with van der Waals surface area (Å²) in [6.45, 7) is 7.88. The number of fused-ring (bicyclic) bond motifs is 1. The Labute approximate surface area is 203 Å². The molecule has 4 rings (SSSR count). The molecule has 8 heteroatoms. The lowest BCUT2D eigenvalue weighted by Crippen LogP contribution is -2.38. The van der Waals surface area contributed by atoms with Crippen molar-refractivity contribution >= 4 is 34.3 Å². The van der Waals surface area contributed by atoms with Crippen molar-refractivity contribution in [1.82, 2.24) is 14.8 Å². The predicted molar refractivity (Wildman–Crippen MR) is 133 cm³/mol. The Morgan fingerprint density at radius 1 is 1.11 bits per heavy atom. The zero-order valence-electron chi connectivity index (χ0n) is 20.1. The molecule has 182 valence electrons. The molecule has 0 saturated carbocycles. The number of nitrogens with zero attached hydrogens (tertiary/aromatic N) is 2. The second kappa shape index (κ2) is 10.1. The summed E-state index contributed by atoms with van der Waals surface area (Å²) in [6.07, 6.45) is 1.63. The van der Waals surface area contributed by atoms with Crippen molar-refractivity contribution in [1.29, 1.82) is 0 Å². The SMILES string of the molecule is CCN(CC)CCN1C(=O)C(=O)/C(=C(\O)c2c[nH]c3ccccc23)C1c1cccc(OC(C)=O)c1. The van der Waals surface area contributed by atoms with Gasteiger partial charge in [0.1, 0.15) is 11.5 Å². The average Bonchev–Trinajstić information content (AvgIpc) is 3.38. The van der Waals surface area contributed by atoms with Gasteiger partial charge in [0.05, 0.1) is 11.6 Å². The minimum Gasteiger partial charge on any atom is -0.507 e. The molecular formula is C27H29N3O5. The number of carbonyl (C=O) groups is 3. The number of H-pyrrole nitrogens is 1. The number of para-hydroxylation sites is 1. The number of amides is 1. The van der Waals surface area contributed by atoms with Crippen molar-refractivity contribution in [2.75, 3.05) is 26.2 Å². The first-order valence-corrected chi connectivity index (χ1v) is 11.7. The summed E-state index contributed by atoms with van der Waals surface area (Å²) in [5.74, 6) is -1.82. The second-order valence-corrected chi connectivity index (χ2v) is 8.43. The van der Waals surface area contributed by atoms with Gasteiger partial charge in [-0.3, -0.25) is 14.4 Å². The van der Waals surface area contributed by atoms with E-state index in [0.717, 1.165) is 24.0 Å². The van der Waals surface area contributed by atoms with Crippen LogP contribution in [0, 0.1) is 0 Å². The van der Waals surface area contributed by atoms with E-state index < -0.39 is 23.7 Å². The number of aliphatic hydroxyl groups excluding tert-OH is 1. The molecule has 2 N–H and O–H groups in total. The fourth-order valence-corrected chi connectivity index (χ4v) is 4.57. The molecular weight excluding hydrogens is 446 g/mol. The van der Waals surface area contributed by atoms with E-state index >= 15 is 0 Å². The van der Waals surface area contributed by atoms with E-state index in [1.165, 1.54) is 11.8 Å². The van der Waals surface area contributed by atoms with Gasteiger partial charge in [-0.1, -0.05) is 44.2 Å². The van der Waals surface area contributed by atoms with E-state index in [1.807, 2.05) is 38.1 Å². The zero-order valence-corrected chi connectivity index (χ0v) is 20.1. The van der Waals surface area contributed by atoms with Crippen molar-refractivity contribution in [3.63, 3.8) is 0 Å². The number of aliphatic hydroxyl groups is 1. The van der Waals surface area contributed by atoms with Crippen LogP contribution in [0.15, 0.2) is 60.3 Å². The Morgan fingerprint density at radius 2 is 1.86 bits per heavy atom. The zero-order chi connectivity index (χ0) is 25.1. The van der Waals surface area contributed by atoms with Gasteiger partial charge in [0.25, 0.3) is 11.7 Å². The number of aromatic amines is 1. The normalized spacial score (nSPS) is 17.5. The molecule has 3 aromatic rings. The van der Waals surface area contributed by atoms with Crippen LogP contribution in [-0.4, -0.2) is 63.7 Å². The topological polar surface area (TPSA) is 103 Å². The van der Waals surface area contributed by atoms with Crippen LogP contribution in [0.2, 0.25) is 0 Å². The molecule has 1 atom stereocenters. The van der Waals surface area contributed by atoms with Crippen molar-refractivity contribution in [3.05, 3.63) is 71.4 Å². The molecule has 1 aliphatic heterocycles. The van der Waals surface area contributed by atoms with Gasteiger partial charge in [-0.25, -0.2) is 0 Å². The fraction of sp³-hybridized carbons (Fsp3) is 0.296. The van der Waals surface area contributed by atoms with Gasteiger partial charge in [-0.2, -0.15) is 0 Å². The third kappa shape index (κ3) is 4.70. The van der Waals surface area contributed by atoms with Gasteiger partial charge < -0.3 is 24.6 Å². The van der Waals surface area contributed by atoms with E-state index in [2.05, 4.69) is 9.88 Å². The summed E-state index contributed by atoms with van der Waals surface area (Å²) in [5.41, 5.74) is 1.84. The number of likely N-dealkylation sites (N-methyl/N-ethyl adjacent to an activating group) is 1. The van der Waals surface area contributed by atoms with Crippen LogP contribution in [0.1, 0.15) is 37.9 Å². The van der Waals surface area contributed by atoms with Crippen molar-refractivity contribution in [2.45, 2.75) is 26.8 Å². The molecule has 8 nitrogen and oxygen atoms in total. The molecule has 2 heterocycles. The number of aromatic nitrogens is 1.